The van der Waals surface area contributed by atoms with Crippen LogP contribution in [0.1, 0.15) is 0 Å². The summed E-state index contributed by atoms with van der Waals surface area (Å²) in [4.78, 5) is 0. The molecule has 0 aromatic heterocycles. The predicted molar refractivity (Wildman–Crippen MR) is 45.0 cm³/mol. The lowest BCUT2D eigenvalue weighted by Crippen LogP contribution is -2.58. The lowest BCUT2D eigenvalue weighted by molar-refractivity contribution is -0.287. The van der Waals surface area contributed by atoms with Gasteiger partial charge >= 0.3 is 0 Å². The van der Waals surface area contributed by atoms with E-state index in [1.54, 1.807) is 0 Å². The molecule has 0 saturated carbocycles. The number of hydrogen-bond acceptors (Lipinski definition) is 6. The molecule has 0 amide bonds. The minimum atomic E-state index is -1.41. The standard InChI is InChI=1S/C8H14O6/c1-2-13-8-7(12)6(11)5(10)4(3-9)14-8/h2,4-12H,1,3H2. The van der Waals surface area contributed by atoms with E-state index in [1.165, 1.54) is 0 Å². The van der Waals surface area contributed by atoms with Crippen molar-refractivity contribution >= 4 is 0 Å². The zero-order valence-electron chi connectivity index (χ0n) is 7.48. The van der Waals surface area contributed by atoms with Crippen LogP contribution in [-0.4, -0.2) is 57.7 Å². The van der Waals surface area contributed by atoms with Gasteiger partial charge < -0.3 is 29.9 Å². The quantitative estimate of drug-likeness (QED) is 0.396. The van der Waals surface area contributed by atoms with E-state index < -0.39 is 37.3 Å². The second-order valence-corrected chi connectivity index (χ2v) is 3.00. The molecule has 0 aliphatic carbocycles. The van der Waals surface area contributed by atoms with Crippen molar-refractivity contribution in [2.24, 2.45) is 0 Å². The monoisotopic (exact) mass is 206 g/mol. The highest BCUT2D eigenvalue weighted by Crippen LogP contribution is 2.21. The zero-order valence-corrected chi connectivity index (χ0v) is 7.48. The summed E-state index contributed by atoms with van der Waals surface area (Å²) in [6.07, 6.45) is -5.16. The van der Waals surface area contributed by atoms with Crippen molar-refractivity contribution in [1.29, 1.82) is 0 Å². The van der Waals surface area contributed by atoms with Gasteiger partial charge in [0.2, 0.25) is 6.29 Å². The van der Waals surface area contributed by atoms with E-state index in [0.29, 0.717) is 0 Å². The van der Waals surface area contributed by atoms with Gasteiger partial charge in [-0.2, -0.15) is 0 Å². The molecule has 82 valence electrons. The van der Waals surface area contributed by atoms with E-state index in [2.05, 4.69) is 6.58 Å². The summed E-state index contributed by atoms with van der Waals surface area (Å²) in [6.45, 7) is 2.79. The molecule has 1 heterocycles. The Labute approximate surface area is 81.0 Å². The zero-order chi connectivity index (χ0) is 10.7. The number of aliphatic hydroxyl groups excluding tert-OH is 4. The Hall–Kier alpha value is -0.660. The minimum Gasteiger partial charge on any atom is -0.470 e. The summed E-state index contributed by atoms with van der Waals surface area (Å²) in [7, 11) is 0. The topological polar surface area (TPSA) is 99.4 Å². The van der Waals surface area contributed by atoms with E-state index >= 15 is 0 Å². The van der Waals surface area contributed by atoms with Gasteiger partial charge in [-0.15, -0.1) is 0 Å². The molecule has 1 aliphatic heterocycles. The van der Waals surface area contributed by atoms with Crippen LogP contribution in [0, 0.1) is 0 Å². The van der Waals surface area contributed by atoms with Crippen molar-refractivity contribution in [3.63, 3.8) is 0 Å². The molecule has 0 aromatic rings. The van der Waals surface area contributed by atoms with Crippen LogP contribution in [-0.2, 0) is 9.47 Å². The van der Waals surface area contributed by atoms with Gasteiger partial charge in [0.1, 0.15) is 24.4 Å². The number of ether oxygens (including phenoxy) is 2. The summed E-state index contributed by atoms with van der Waals surface area (Å²) in [5.41, 5.74) is 0. The molecule has 5 atom stereocenters. The fraction of sp³-hybridized carbons (Fsp3) is 0.750. The molecule has 1 fully saturated rings. The number of rotatable bonds is 3. The number of aliphatic hydroxyl groups is 4. The second-order valence-electron chi connectivity index (χ2n) is 3.00. The average Bonchev–Trinajstić information content (AvgIpc) is 2.19. The van der Waals surface area contributed by atoms with Gasteiger partial charge in [-0.25, -0.2) is 0 Å². The Kier molecular flexibility index (Phi) is 3.85. The third-order valence-electron chi connectivity index (χ3n) is 2.08. The summed E-state index contributed by atoms with van der Waals surface area (Å²) in [6, 6.07) is 0. The maximum absolute atomic E-state index is 9.36. The first-order valence-corrected chi connectivity index (χ1v) is 4.18. The SMILES string of the molecule is C=COC1OC(CO)C(O)C(O)C1O. The molecule has 0 radical (unpaired) electrons. The van der Waals surface area contributed by atoms with Gasteiger partial charge in [0, 0.05) is 0 Å². The van der Waals surface area contributed by atoms with Crippen molar-refractivity contribution in [1.82, 2.24) is 0 Å². The van der Waals surface area contributed by atoms with E-state index in [1.807, 2.05) is 0 Å². The van der Waals surface area contributed by atoms with Crippen LogP contribution in [0.4, 0.5) is 0 Å². The van der Waals surface area contributed by atoms with Crippen molar-refractivity contribution in [3.8, 4) is 0 Å². The molecule has 1 aliphatic rings. The Morgan fingerprint density at radius 2 is 1.86 bits per heavy atom. The molecule has 0 bridgehead atoms. The van der Waals surface area contributed by atoms with Gasteiger partial charge in [-0.1, -0.05) is 6.58 Å². The first-order chi connectivity index (χ1) is 6.61. The first-order valence-electron chi connectivity index (χ1n) is 4.18. The fourth-order valence-corrected chi connectivity index (χ4v) is 1.27. The maximum atomic E-state index is 9.36. The van der Waals surface area contributed by atoms with Crippen LogP contribution in [0.5, 0.6) is 0 Å². The van der Waals surface area contributed by atoms with E-state index in [4.69, 9.17) is 14.6 Å². The highest BCUT2D eigenvalue weighted by molar-refractivity contribution is 4.89. The Morgan fingerprint density at radius 3 is 2.36 bits per heavy atom. The molecule has 1 rings (SSSR count). The predicted octanol–water partition coefficient (Wildman–Crippen LogP) is -2.05. The van der Waals surface area contributed by atoms with E-state index in [-0.39, 0.29) is 0 Å². The Balaban J connectivity index is 2.67. The third kappa shape index (κ3) is 2.05. The summed E-state index contributed by atoms with van der Waals surface area (Å²) in [5, 5.41) is 36.8. The van der Waals surface area contributed by atoms with Gasteiger partial charge in [-0.3, -0.25) is 0 Å². The van der Waals surface area contributed by atoms with Crippen LogP contribution in [0.2, 0.25) is 0 Å². The average molecular weight is 206 g/mol. The minimum absolute atomic E-state index is 0.470. The van der Waals surface area contributed by atoms with E-state index in [9.17, 15) is 15.3 Å². The van der Waals surface area contributed by atoms with Crippen molar-refractivity contribution in [2.75, 3.05) is 6.61 Å². The highest BCUT2D eigenvalue weighted by Gasteiger charge is 2.44. The summed E-state index contributed by atoms with van der Waals surface area (Å²) >= 11 is 0. The lowest BCUT2D eigenvalue weighted by Gasteiger charge is -2.38. The highest BCUT2D eigenvalue weighted by atomic mass is 16.7. The number of hydrogen-bond donors (Lipinski definition) is 4. The molecule has 1 saturated heterocycles. The van der Waals surface area contributed by atoms with Crippen LogP contribution in [0.25, 0.3) is 0 Å². The van der Waals surface area contributed by atoms with Crippen LogP contribution >= 0.6 is 0 Å². The molecule has 6 nitrogen and oxygen atoms in total. The normalized spacial score (nSPS) is 43.3. The maximum Gasteiger partial charge on any atom is 0.228 e. The van der Waals surface area contributed by atoms with Gasteiger partial charge in [-0.05, 0) is 0 Å². The largest absolute Gasteiger partial charge is 0.470 e. The molecule has 14 heavy (non-hydrogen) atoms. The Morgan fingerprint density at radius 1 is 1.21 bits per heavy atom. The molecule has 5 unspecified atom stereocenters. The van der Waals surface area contributed by atoms with Gasteiger partial charge in [0.15, 0.2) is 0 Å². The molecule has 0 aromatic carbocycles. The molecule has 0 spiro atoms. The fourth-order valence-electron chi connectivity index (χ4n) is 1.27. The van der Waals surface area contributed by atoms with Crippen molar-refractivity contribution in [2.45, 2.75) is 30.7 Å². The van der Waals surface area contributed by atoms with Crippen LogP contribution in [0.3, 0.4) is 0 Å². The second kappa shape index (κ2) is 4.72. The lowest BCUT2D eigenvalue weighted by atomic mass is 9.99. The van der Waals surface area contributed by atoms with Crippen LogP contribution < -0.4 is 0 Å². The van der Waals surface area contributed by atoms with Crippen molar-refractivity contribution in [3.05, 3.63) is 12.8 Å². The van der Waals surface area contributed by atoms with E-state index in [0.717, 1.165) is 6.26 Å². The molecule has 4 N–H and O–H groups in total. The van der Waals surface area contributed by atoms with Crippen LogP contribution in [0.15, 0.2) is 12.8 Å². The summed E-state index contributed by atoms with van der Waals surface area (Å²) < 4.78 is 9.72. The van der Waals surface area contributed by atoms with Crippen molar-refractivity contribution < 1.29 is 29.9 Å². The molecular weight excluding hydrogens is 192 g/mol. The Bertz CT molecular complexity index is 194. The van der Waals surface area contributed by atoms with Gasteiger partial charge in [0.25, 0.3) is 0 Å². The smallest absolute Gasteiger partial charge is 0.228 e. The molecular formula is C8H14O6. The first kappa shape index (κ1) is 11.4. The van der Waals surface area contributed by atoms with Gasteiger partial charge in [0.05, 0.1) is 12.9 Å². The third-order valence-corrected chi connectivity index (χ3v) is 2.08. The summed E-state index contributed by atoms with van der Waals surface area (Å²) in [5.74, 6) is 0. The molecule has 6 heteroatoms.